The molecular formula is C16H18ClFN2. The molecule has 0 radical (unpaired) electrons. The van der Waals surface area contributed by atoms with Gasteiger partial charge in [0.1, 0.15) is 5.82 Å². The van der Waals surface area contributed by atoms with E-state index >= 15 is 0 Å². The largest absolute Gasteiger partial charge is 0.342 e. The topological polar surface area (TPSA) is 29.3 Å². The first-order valence-electron chi connectivity index (χ1n) is 6.67. The summed E-state index contributed by atoms with van der Waals surface area (Å²) in [5.41, 5.74) is 8.54. The Morgan fingerprint density at radius 3 is 2.30 bits per heavy atom. The van der Waals surface area contributed by atoms with Crippen molar-refractivity contribution in [3.05, 3.63) is 58.9 Å². The zero-order valence-corrected chi connectivity index (χ0v) is 12.2. The number of anilines is 2. The van der Waals surface area contributed by atoms with Crippen LogP contribution in [0.15, 0.2) is 42.5 Å². The van der Waals surface area contributed by atoms with E-state index < -0.39 is 0 Å². The van der Waals surface area contributed by atoms with E-state index in [0.717, 1.165) is 29.9 Å². The quantitative estimate of drug-likeness (QED) is 0.897. The van der Waals surface area contributed by atoms with E-state index in [2.05, 4.69) is 4.90 Å². The van der Waals surface area contributed by atoms with E-state index in [4.69, 9.17) is 17.3 Å². The summed E-state index contributed by atoms with van der Waals surface area (Å²) in [6.45, 7) is 3.40. The molecule has 2 nitrogen and oxygen atoms in total. The van der Waals surface area contributed by atoms with Crippen molar-refractivity contribution in [3.8, 4) is 0 Å². The Bertz CT molecular complexity index is 569. The van der Waals surface area contributed by atoms with Crippen molar-refractivity contribution in [3.63, 3.8) is 0 Å². The second kappa shape index (κ2) is 6.73. The summed E-state index contributed by atoms with van der Waals surface area (Å²) in [5.74, 6) is -0.235. The number of halogens is 2. The maximum atomic E-state index is 13.0. The van der Waals surface area contributed by atoms with Crippen molar-refractivity contribution in [2.75, 3.05) is 18.0 Å². The van der Waals surface area contributed by atoms with Gasteiger partial charge in [-0.15, -0.1) is 0 Å². The van der Waals surface area contributed by atoms with Gasteiger partial charge < -0.3 is 10.6 Å². The van der Waals surface area contributed by atoms with Crippen LogP contribution in [0.5, 0.6) is 0 Å². The van der Waals surface area contributed by atoms with Crippen molar-refractivity contribution in [1.82, 2.24) is 0 Å². The van der Waals surface area contributed by atoms with E-state index in [1.165, 1.54) is 12.1 Å². The molecule has 0 atom stereocenters. The van der Waals surface area contributed by atoms with Crippen LogP contribution in [-0.2, 0) is 6.42 Å². The molecule has 0 saturated carbocycles. The lowest BCUT2D eigenvalue weighted by Gasteiger charge is -2.24. The summed E-state index contributed by atoms with van der Waals surface area (Å²) >= 11 is 6.28. The summed E-state index contributed by atoms with van der Waals surface area (Å²) < 4.78 is 13.0. The maximum Gasteiger partial charge on any atom is 0.123 e. The lowest BCUT2D eigenvalue weighted by Crippen LogP contribution is -2.16. The molecule has 0 heterocycles. The highest BCUT2D eigenvalue weighted by atomic mass is 35.5. The van der Waals surface area contributed by atoms with Gasteiger partial charge in [-0.1, -0.05) is 17.7 Å². The van der Waals surface area contributed by atoms with Gasteiger partial charge in [0, 0.05) is 22.9 Å². The van der Waals surface area contributed by atoms with Crippen molar-refractivity contribution in [2.45, 2.75) is 13.3 Å². The minimum Gasteiger partial charge on any atom is -0.342 e. The summed E-state index contributed by atoms with van der Waals surface area (Å²) in [5, 5.41) is 0.716. The molecule has 0 spiro atoms. The smallest absolute Gasteiger partial charge is 0.123 e. The van der Waals surface area contributed by atoms with Crippen LogP contribution in [0, 0.1) is 5.82 Å². The predicted molar refractivity (Wildman–Crippen MR) is 83.3 cm³/mol. The van der Waals surface area contributed by atoms with E-state index in [-0.39, 0.29) is 5.82 Å². The number of nitrogens with zero attached hydrogens (tertiary/aromatic N) is 1. The highest BCUT2D eigenvalue weighted by Gasteiger charge is 2.09. The Hall–Kier alpha value is -1.58. The molecule has 0 bridgehead atoms. The van der Waals surface area contributed by atoms with Crippen LogP contribution in [0.1, 0.15) is 12.5 Å². The molecule has 0 aliphatic carbocycles. The van der Waals surface area contributed by atoms with E-state index in [1.807, 2.05) is 25.1 Å². The lowest BCUT2D eigenvalue weighted by molar-refractivity contribution is 0.628. The molecule has 0 amide bonds. The summed E-state index contributed by atoms with van der Waals surface area (Å²) in [4.78, 5) is 2.08. The first-order valence-corrected chi connectivity index (χ1v) is 7.05. The van der Waals surface area contributed by atoms with Gasteiger partial charge in [-0.3, -0.25) is 0 Å². The zero-order chi connectivity index (χ0) is 14.5. The minimum absolute atomic E-state index is 0.235. The maximum absolute atomic E-state index is 13.0. The molecule has 0 saturated heterocycles. The van der Waals surface area contributed by atoms with Crippen molar-refractivity contribution >= 4 is 23.0 Å². The van der Waals surface area contributed by atoms with Gasteiger partial charge in [-0.2, -0.15) is 0 Å². The average molecular weight is 293 g/mol. The number of rotatable bonds is 5. The van der Waals surface area contributed by atoms with Crippen LogP contribution in [0.2, 0.25) is 5.02 Å². The molecule has 0 aromatic heterocycles. The van der Waals surface area contributed by atoms with Gasteiger partial charge in [0.2, 0.25) is 0 Å². The molecule has 0 fully saturated rings. The molecule has 2 aromatic carbocycles. The summed E-state index contributed by atoms with van der Waals surface area (Å²) in [6.07, 6.45) is 0.766. The minimum atomic E-state index is -0.235. The monoisotopic (exact) mass is 292 g/mol. The summed E-state index contributed by atoms with van der Waals surface area (Å²) in [6, 6.07) is 12.4. The molecular weight excluding hydrogens is 275 g/mol. The van der Waals surface area contributed by atoms with Crippen LogP contribution in [0.3, 0.4) is 0 Å². The fourth-order valence-electron chi connectivity index (χ4n) is 2.20. The van der Waals surface area contributed by atoms with Crippen LogP contribution in [0.4, 0.5) is 15.8 Å². The third-order valence-corrected chi connectivity index (χ3v) is 3.57. The van der Waals surface area contributed by atoms with Crippen molar-refractivity contribution in [2.24, 2.45) is 5.73 Å². The van der Waals surface area contributed by atoms with Crippen LogP contribution in [0.25, 0.3) is 0 Å². The first-order chi connectivity index (χ1) is 9.65. The van der Waals surface area contributed by atoms with E-state index in [0.29, 0.717) is 11.6 Å². The summed E-state index contributed by atoms with van der Waals surface area (Å²) in [7, 11) is 0. The second-order valence-corrected chi connectivity index (χ2v) is 4.94. The molecule has 0 aliphatic rings. The Labute approximate surface area is 124 Å². The van der Waals surface area contributed by atoms with Gasteiger partial charge >= 0.3 is 0 Å². The average Bonchev–Trinajstić information content (AvgIpc) is 2.45. The Balaban J connectivity index is 2.32. The SMILES string of the molecule is CCN(c1ccc(F)cc1)c1ccc(CCN)c(Cl)c1. The normalized spacial score (nSPS) is 10.6. The van der Waals surface area contributed by atoms with Crippen molar-refractivity contribution < 1.29 is 4.39 Å². The molecule has 0 unspecified atom stereocenters. The molecule has 0 aliphatic heterocycles. The third kappa shape index (κ3) is 3.30. The molecule has 2 rings (SSSR count). The van der Waals surface area contributed by atoms with Gasteiger partial charge in [0.25, 0.3) is 0 Å². The molecule has 106 valence electrons. The fraction of sp³-hybridized carbons (Fsp3) is 0.250. The lowest BCUT2D eigenvalue weighted by atomic mass is 10.1. The zero-order valence-electron chi connectivity index (χ0n) is 11.4. The molecule has 2 N–H and O–H groups in total. The van der Waals surface area contributed by atoms with E-state index in [1.54, 1.807) is 12.1 Å². The number of hydrogen-bond donors (Lipinski definition) is 1. The van der Waals surface area contributed by atoms with Crippen LogP contribution >= 0.6 is 11.6 Å². The van der Waals surface area contributed by atoms with Gasteiger partial charge in [0.05, 0.1) is 0 Å². The second-order valence-electron chi connectivity index (χ2n) is 4.54. The van der Waals surface area contributed by atoms with Crippen LogP contribution in [-0.4, -0.2) is 13.1 Å². The van der Waals surface area contributed by atoms with Gasteiger partial charge in [-0.05, 0) is 61.9 Å². The van der Waals surface area contributed by atoms with E-state index in [9.17, 15) is 4.39 Å². The Morgan fingerprint density at radius 1 is 1.10 bits per heavy atom. The Kier molecular flexibility index (Phi) is 4.99. The highest BCUT2D eigenvalue weighted by Crippen LogP contribution is 2.29. The number of nitrogens with two attached hydrogens (primary N) is 1. The number of hydrogen-bond acceptors (Lipinski definition) is 2. The standard InChI is InChI=1S/C16H18ClFN2/c1-2-20(14-7-4-13(18)5-8-14)15-6-3-12(9-10-19)16(17)11-15/h3-8,11H,2,9-10,19H2,1H3. The molecule has 4 heteroatoms. The number of benzene rings is 2. The van der Waals surface area contributed by atoms with Gasteiger partial charge in [0.15, 0.2) is 0 Å². The highest BCUT2D eigenvalue weighted by molar-refractivity contribution is 6.31. The van der Waals surface area contributed by atoms with Gasteiger partial charge in [-0.25, -0.2) is 4.39 Å². The third-order valence-electron chi connectivity index (χ3n) is 3.22. The van der Waals surface area contributed by atoms with Crippen LogP contribution < -0.4 is 10.6 Å². The predicted octanol–water partition coefficient (Wildman–Crippen LogP) is 4.14. The molecule has 20 heavy (non-hydrogen) atoms. The Morgan fingerprint density at radius 2 is 1.75 bits per heavy atom. The van der Waals surface area contributed by atoms with Crippen molar-refractivity contribution in [1.29, 1.82) is 0 Å². The first kappa shape index (κ1) is 14.8. The fourth-order valence-corrected chi connectivity index (χ4v) is 2.47. The molecule has 2 aromatic rings.